The number of halogens is 1. The number of nitrogens with zero attached hydrogens (tertiary/aromatic N) is 4. The topological polar surface area (TPSA) is 70.6 Å². The van der Waals surface area contributed by atoms with Crippen molar-refractivity contribution in [3.63, 3.8) is 0 Å². The molecular weight excluding hydrogens is 458 g/mol. The van der Waals surface area contributed by atoms with E-state index in [1.54, 1.807) is 7.11 Å². The van der Waals surface area contributed by atoms with Crippen molar-refractivity contribution >= 4 is 40.8 Å². The van der Waals surface area contributed by atoms with E-state index in [1.165, 1.54) is 11.8 Å². The minimum Gasteiger partial charge on any atom is -0.497 e. The van der Waals surface area contributed by atoms with E-state index in [0.29, 0.717) is 6.54 Å². The number of benzene rings is 2. The van der Waals surface area contributed by atoms with Crippen molar-refractivity contribution in [2.24, 2.45) is 0 Å². The zero-order chi connectivity index (χ0) is 23.0. The van der Waals surface area contributed by atoms with Crippen LogP contribution in [-0.4, -0.2) is 55.1 Å². The molecule has 0 atom stereocenters. The van der Waals surface area contributed by atoms with Crippen LogP contribution in [0.1, 0.15) is 5.56 Å². The number of ether oxygens (including phenoxy) is 1. The maximum Gasteiger partial charge on any atom is 0.230 e. The van der Waals surface area contributed by atoms with Gasteiger partial charge in [-0.15, -0.1) is 10.2 Å². The number of piperazine rings is 1. The van der Waals surface area contributed by atoms with E-state index < -0.39 is 0 Å². The van der Waals surface area contributed by atoms with E-state index in [-0.39, 0.29) is 11.7 Å². The first-order valence-electron chi connectivity index (χ1n) is 10.7. The molecule has 2 aromatic carbocycles. The average molecular weight is 484 g/mol. The Morgan fingerprint density at radius 3 is 2.55 bits per heavy atom. The Bertz CT molecular complexity index is 1070. The van der Waals surface area contributed by atoms with Gasteiger partial charge >= 0.3 is 0 Å². The van der Waals surface area contributed by atoms with Gasteiger partial charge in [0.1, 0.15) is 10.8 Å². The predicted octanol–water partition coefficient (Wildman–Crippen LogP) is 3.87. The number of hydrogen-bond donors (Lipinski definition) is 1. The lowest BCUT2D eigenvalue weighted by molar-refractivity contribution is -0.118. The number of methoxy groups -OCH3 is 1. The van der Waals surface area contributed by atoms with E-state index in [9.17, 15) is 4.79 Å². The van der Waals surface area contributed by atoms with Crippen LogP contribution in [0.25, 0.3) is 0 Å². The molecule has 2 heterocycles. The first kappa shape index (κ1) is 23.2. The van der Waals surface area contributed by atoms with Gasteiger partial charge in [0.05, 0.1) is 12.9 Å². The van der Waals surface area contributed by atoms with Crippen molar-refractivity contribution in [1.29, 1.82) is 0 Å². The molecule has 0 spiro atoms. The Kier molecular flexibility index (Phi) is 7.91. The van der Waals surface area contributed by atoms with Crippen LogP contribution in [0.15, 0.2) is 65.7 Å². The third-order valence-electron chi connectivity index (χ3n) is 5.38. The highest BCUT2D eigenvalue weighted by atomic mass is 35.5. The van der Waals surface area contributed by atoms with Gasteiger partial charge in [-0.3, -0.25) is 4.79 Å². The highest BCUT2D eigenvalue weighted by molar-refractivity contribution is 7.99. The normalized spacial score (nSPS) is 13.6. The molecule has 0 saturated carbocycles. The number of carbonyl (C=O) groups is 1. The Morgan fingerprint density at radius 2 is 1.82 bits per heavy atom. The first-order chi connectivity index (χ1) is 16.1. The summed E-state index contributed by atoms with van der Waals surface area (Å²) in [6.07, 6.45) is 0. The fraction of sp³-hybridized carbons (Fsp3) is 0.292. The molecule has 1 aliphatic heterocycles. The summed E-state index contributed by atoms with van der Waals surface area (Å²) in [6.45, 7) is 3.97. The maximum atomic E-state index is 12.2. The molecule has 172 valence electrons. The number of hydrogen-bond acceptors (Lipinski definition) is 7. The third-order valence-corrected chi connectivity index (χ3v) is 6.53. The third kappa shape index (κ3) is 6.52. The highest BCUT2D eigenvalue weighted by Gasteiger charge is 2.19. The van der Waals surface area contributed by atoms with Crippen molar-refractivity contribution < 1.29 is 9.53 Å². The predicted molar refractivity (Wildman–Crippen MR) is 133 cm³/mol. The van der Waals surface area contributed by atoms with Gasteiger partial charge in [-0.1, -0.05) is 41.6 Å². The monoisotopic (exact) mass is 483 g/mol. The van der Waals surface area contributed by atoms with Gasteiger partial charge in [-0.25, -0.2) is 0 Å². The Balaban J connectivity index is 1.22. The quantitative estimate of drug-likeness (QED) is 0.487. The maximum absolute atomic E-state index is 12.2. The van der Waals surface area contributed by atoms with Gasteiger partial charge in [0.2, 0.25) is 5.91 Å². The molecule has 1 aromatic heterocycles. The molecule has 1 amide bonds. The fourth-order valence-electron chi connectivity index (χ4n) is 3.60. The molecule has 3 aromatic rings. The number of thioether (sulfide) groups is 1. The van der Waals surface area contributed by atoms with E-state index in [0.717, 1.165) is 59.0 Å². The number of rotatable bonds is 8. The van der Waals surface area contributed by atoms with E-state index in [1.807, 2.05) is 54.6 Å². The van der Waals surface area contributed by atoms with Crippen LogP contribution in [0, 0.1) is 0 Å². The minimum atomic E-state index is -0.0502. The summed E-state index contributed by atoms with van der Waals surface area (Å²) in [5.41, 5.74) is 2.14. The van der Waals surface area contributed by atoms with Crippen LogP contribution in [0.2, 0.25) is 5.02 Å². The molecule has 0 radical (unpaired) electrons. The lowest BCUT2D eigenvalue weighted by atomic mass is 10.2. The Hall–Kier alpha value is -2.97. The zero-order valence-corrected chi connectivity index (χ0v) is 20.0. The molecule has 1 fully saturated rings. The summed E-state index contributed by atoms with van der Waals surface area (Å²) in [5.74, 6) is 1.87. The number of nitrogens with one attached hydrogen (secondary N) is 1. The van der Waals surface area contributed by atoms with Crippen molar-refractivity contribution in [2.45, 2.75) is 11.6 Å². The summed E-state index contributed by atoms with van der Waals surface area (Å²) < 4.78 is 5.21. The number of carbonyl (C=O) groups excluding carboxylic acids is 1. The molecule has 7 nitrogen and oxygen atoms in total. The number of anilines is 2. The number of aromatic nitrogens is 2. The summed E-state index contributed by atoms with van der Waals surface area (Å²) >= 11 is 7.49. The summed E-state index contributed by atoms with van der Waals surface area (Å²) in [5, 5.41) is 13.1. The Morgan fingerprint density at radius 1 is 1.03 bits per heavy atom. The van der Waals surface area contributed by atoms with Crippen LogP contribution in [0.3, 0.4) is 0 Å². The molecule has 1 saturated heterocycles. The lowest BCUT2D eigenvalue weighted by Gasteiger charge is -2.36. The first-order valence-corrected chi connectivity index (χ1v) is 12.1. The second-order valence-electron chi connectivity index (χ2n) is 7.60. The second kappa shape index (κ2) is 11.2. The minimum absolute atomic E-state index is 0.0502. The zero-order valence-electron chi connectivity index (χ0n) is 18.4. The standard InChI is InChI=1S/C24H26ClN5O2S/c1-32-21-7-2-4-18(14-21)16-26-23(31)17-33-24-9-8-22(27-28-24)30-12-10-29(11-13-30)20-6-3-5-19(25)15-20/h2-9,14-15H,10-13,16-17H2,1H3,(H,26,31). The number of amides is 1. The average Bonchev–Trinajstić information content (AvgIpc) is 2.87. The summed E-state index contributed by atoms with van der Waals surface area (Å²) in [6, 6.07) is 19.5. The van der Waals surface area contributed by atoms with Gasteiger partial charge in [-0.05, 0) is 48.0 Å². The lowest BCUT2D eigenvalue weighted by Crippen LogP contribution is -2.46. The van der Waals surface area contributed by atoms with Crippen molar-refractivity contribution in [3.05, 3.63) is 71.2 Å². The largest absolute Gasteiger partial charge is 0.497 e. The van der Waals surface area contributed by atoms with E-state index >= 15 is 0 Å². The van der Waals surface area contributed by atoms with E-state index in [2.05, 4.69) is 31.4 Å². The Labute approximate surface area is 203 Å². The van der Waals surface area contributed by atoms with Gasteiger partial charge in [-0.2, -0.15) is 0 Å². The molecule has 33 heavy (non-hydrogen) atoms. The van der Waals surface area contributed by atoms with Crippen LogP contribution < -0.4 is 19.9 Å². The molecule has 4 rings (SSSR count). The highest BCUT2D eigenvalue weighted by Crippen LogP contribution is 2.23. The van der Waals surface area contributed by atoms with Crippen LogP contribution in [-0.2, 0) is 11.3 Å². The molecule has 9 heteroatoms. The second-order valence-corrected chi connectivity index (χ2v) is 9.03. The van der Waals surface area contributed by atoms with Crippen molar-refractivity contribution in [2.75, 3.05) is 48.8 Å². The molecule has 0 bridgehead atoms. The SMILES string of the molecule is COc1cccc(CNC(=O)CSc2ccc(N3CCN(c4cccc(Cl)c4)CC3)nn2)c1. The van der Waals surface area contributed by atoms with Gasteiger partial charge in [0.25, 0.3) is 0 Å². The molecular formula is C24H26ClN5O2S. The van der Waals surface area contributed by atoms with Crippen molar-refractivity contribution in [3.8, 4) is 5.75 Å². The fourth-order valence-corrected chi connectivity index (χ4v) is 4.43. The molecule has 1 N–H and O–H groups in total. The van der Waals surface area contributed by atoms with Gasteiger partial charge in [0, 0.05) is 43.4 Å². The van der Waals surface area contributed by atoms with Crippen molar-refractivity contribution in [1.82, 2.24) is 15.5 Å². The van der Waals surface area contributed by atoms with Gasteiger partial charge in [0.15, 0.2) is 5.82 Å². The van der Waals surface area contributed by atoms with E-state index in [4.69, 9.17) is 16.3 Å². The molecule has 0 aliphatic carbocycles. The van der Waals surface area contributed by atoms with Crippen LogP contribution >= 0.6 is 23.4 Å². The van der Waals surface area contributed by atoms with Crippen LogP contribution in [0.5, 0.6) is 5.75 Å². The summed E-state index contributed by atoms with van der Waals surface area (Å²) in [4.78, 5) is 16.7. The summed E-state index contributed by atoms with van der Waals surface area (Å²) in [7, 11) is 1.63. The molecule has 0 unspecified atom stereocenters. The van der Waals surface area contributed by atoms with Gasteiger partial charge < -0.3 is 19.9 Å². The smallest absolute Gasteiger partial charge is 0.230 e. The molecule has 1 aliphatic rings. The van der Waals surface area contributed by atoms with Crippen LogP contribution in [0.4, 0.5) is 11.5 Å².